The third kappa shape index (κ3) is 3.34. The summed E-state index contributed by atoms with van der Waals surface area (Å²) in [6.07, 6.45) is 0.943. The number of carbonyl (C=O) groups is 1. The van der Waals surface area contributed by atoms with E-state index in [-0.39, 0.29) is 10.6 Å². The van der Waals surface area contributed by atoms with Crippen molar-refractivity contribution in [3.05, 3.63) is 17.0 Å². The van der Waals surface area contributed by atoms with E-state index in [1.165, 1.54) is 10.4 Å². The number of rotatable bonds is 6. The highest BCUT2D eigenvalue weighted by Crippen LogP contribution is 2.39. The third-order valence-electron chi connectivity index (χ3n) is 3.39. The molecule has 7 heteroatoms. The van der Waals surface area contributed by atoms with Gasteiger partial charge in [-0.3, -0.25) is 4.79 Å². The molecule has 0 bridgehead atoms. The first-order chi connectivity index (χ1) is 8.80. The van der Waals surface area contributed by atoms with Crippen molar-refractivity contribution >= 4 is 27.3 Å². The van der Waals surface area contributed by atoms with E-state index in [9.17, 15) is 13.2 Å². The number of thiophene rings is 1. The summed E-state index contributed by atoms with van der Waals surface area (Å²) in [7, 11) is -1.89. The van der Waals surface area contributed by atoms with E-state index in [1.54, 1.807) is 13.1 Å². The van der Waals surface area contributed by atoms with Crippen LogP contribution in [0, 0.1) is 11.8 Å². The zero-order chi connectivity index (χ0) is 14.2. The molecule has 1 aliphatic rings. The molecule has 0 aliphatic heterocycles. The fourth-order valence-corrected chi connectivity index (χ4v) is 4.76. The van der Waals surface area contributed by atoms with Gasteiger partial charge in [-0.1, -0.05) is 6.92 Å². The first kappa shape index (κ1) is 14.5. The Hall–Kier alpha value is -0.920. The van der Waals surface area contributed by atoms with Crippen molar-refractivity contribution in [3.63, 3.8) is 0 Å². The van der Waals surface area contributed by atoms with Crippen LogP contribution in [0.1, 0.15) is 18.2 Å². The topological polar surface area (TPSA) is 74.7 Å². The molecule has 1 saturated carbocycles. The van der Waals surface area contributed by atoms with E-state index < -0.39 is 16.0 Å². The van der Waals surface area contributed by atoms with Gasteiger partial charge in [-0.25, -0.2) is 8.42 Å². The van der Waals surface area contributed by atoms with Crippen LogP contribution < -0.4 is 0 Å². The lowest BCUT2D eigenvalue weighted by Gasteiger charge is -2.15. The van der Waals surface area contributed by atoms with Gasteiger partial charge in [0.25, 0.3) is 10.0 Å². The van der Waals surface area contributed by atoms with Gasteiger partial charge in [-0.05, 0) is 30.4 Å². The van der Waals surface area contributed by atoms with Gasteiger partial charge in [0.1, 0.15) is 4.21 Å². The molecule has 19 heavy (non-hydrogen) atoms. The van der Waals surface area contributed by atoms with Crippen LogP contribution in [0.3, 0.4) is 0 Å². The molecule has 0 radical (unpaired) electrons. The molecule has 0 aromatic carbocycles. The van der Waals surface area contributed by atoms with Crippen LogP contribution in [0.5, 0.6) is 0 Å². The molecule has 0 spiro atoms. The largest absolute Gasteiger partial charge is 0.481 e. The maximum Gasteiger partial charge on any atom is 0.308 e. The fraction of sp³-hybridized carbons (Fsp3) is 0.583. The van der Waals surface area contributed by atoms with E-state index in [4.69, 9.17) is 5.11 Å². The Balaban J connectivity index is 2.09. The van der Waals surface area contributed by atoms with E-state index in [0.717, 1.165) is 17.8 Å². The minimum atomic E-state index is -3.47. The predicted molar refractivity (Wildman–Crippen MR) is 72.7 cm³/mol. The molecule has 0 amide bonds. The molecule has 1 aromatic rings. The van der Waals surface area contributed by atoms with Gasteiger partial charge in [0, 0.05) is 18.5 Å². The van der Waals surface area contributed by atoms with E-state index in [2.05, 4.69) is 6.92 Å². The molecular weight excluding hydrogens is 286 g/mol. The number of sulfonamides is 1. The van der Waals surface area contributed by atoms with Crippen LogP contribution in [-0.2, 0) is 21.2 Å². The molecule has 1 aromatic heterocycles. The smallest absolute Gasteiger partial charge is 0.308 e. The number of nitrogens with zero attached hydrogens (tertiary/aromatic N) is 1. The molecule has 2 rings (SSSR count). The average molecular weight is 303 g/mol. The van der Waals surface area contributed by atoms with Crippen LogP contribution in [0.15, 0.2) is 16.3 Å². The van der Waals surface area contributed by atoms with Gasteiger partial charge in [0.15, 0.2) is 0 Å². The Kier molecular flexibility index (Phi) is 3.98. The quantitative estimate of drug-likeness (QED) is 0.867. The monoisotopic (exact) mass is 303 g/mol. The molecule has 1 N–H and O–H groups in total. The third-order valence-corrected chi connectivity index (χ3v) is 6.77. The lowest BCUT2D eigenvalue weighted by Crippen LogP contribution is -2.28. The lowest BCUT2D eigenvalue weighted by molar-refractivity contribution is -0.136. The second kappa shape index (κ2) is 5.22. The second-order valence-corrected chi connectivity index (χ2v) is 8.49. The molecule has 1 fully saturated rings. The summed E-state index contributed by atoms with van der Waals surface area (Å²) < 4.78 is 26.2. The number of aliphatic carboxylic acids is 1. The average Bonchev–Trinajstić information content (AvgIpc) is 2.79. The Bertz CT molecular complexity index is 578. The highest BCUT2D eigenvalue weighted by Gasteiger charge is 2.36. The molecule has 106 valence electrons. The van der Waals surface area contributed by atoms with Crippen molar-refractivity contribution in [3.8, 4) is 0 Å². The summed E-state index contributed by atoms with van der Waals surface area (Å²) >= 11 is 1.03. The Morgan fingerprint density at radius 2 is 2.16 bits per heavy atom. The van der Waals surface area contributed by atoms with E-state index in [0.29, 0.717) is 23.3 Å². The maximum absolute atomic E-state index is 12.3. The van der Waals surface area contributed by atoms with Crippen LogP contribution in [-0.4, -0.2) is 37.4 Å². The Morgan fingerprint density at radius 1 is 1.53 bits per heavy atom. The van der Waals surface area contributed by atoms with Gasteiger partial charge in [0.2, 0.25) is 0 Å². The normalized spacial score (nSPS) is 22.7. The van der Waals surface area contributed by atoms with E-state index >= 15 is 0 Å². The Labute approximate surface area is 116 Å². The number of hydrogen-bond donors (Lipinski definition) is 1. The van der Waals surface area contributed by atoms with Crippen molar-refractivity contribution < 1.29 is 18.3 Å². The molecule has 2 unspecified atom stereocenters. The van der Waals surface area contributed by atoms with Gasteiger partial charge in [-0.15, -0.1) is 11.3 Å². The van der Waals surface area contributed by atoms with Gasteiger partial charge in [0.05, 0.1) is 6.42 Å². The van der Waals surface area contributed by atoms with Gasteiger partial charge in [-0.2, -0.15) is 4.31 Å². The second-order valence-electron chi connectivity index (χ2n) is 5.05. The highest BCUT2D eigenvalue weighted by molar-refractivity contribution is 7.91. The van der Waals surface area contributed by atoms with Crippen LogP contribution in [0.4, 0.5) is 0 Å². The van der Waals surface area contributed by atoms with Crippen molar-refractivity contribution in [2.45, 2.75) is 24.0 Å². The lowest BCUT2D eigenvalue weighted by atomic mass is 10.3. The van der Waals surface area contributed by atoms with Crippen LogP contribution >= 0.6 is 11.3 Å². The SMILES string of the molecule is CC1CC1CN(C)S(=O)(=O)c1ccc(CC(=O)O)s1. The minimum absolute atomic E-state index is 0.135. The van der Waals surface area contributed by atoms with E-state index in [1.807, 2.05) is 0 Å². The maximum atomic E-state index is 12.3. The molecular formula is C12H17NO4S2. The summed E-state index contributed by atoms with van der Waals surface area (Å²) in [6, 6.07) is 3.06. The fourth-order valence-electron chi connectivity index (χ4n) is 1.98. The molecule has 2 atom stereocenters. The highest BCUT2D eigenvalue weighted by atomic mass is 32.2. The van der Waals surface area contributed by atoms with Crippen LogP contribution in [0.2, 0.25) is 0 Å². The zero-order valence-electron chi connectivity index (χ0n) is 10.9. The predicted octanol–water partition coefficient (Wildman–Crippen LogP) is 1.65. The number of carboxylic acids is 1. The molecule has 5 nitrogen and oxygen atoms in total. The number of hydrogen-bond acceptors (Lipinski definition) is 4. The van der Waals surface area contributed by atoms with Crippen molar-refractivity contribution in [2.75, 3.05) is 13.6 Å². The molecule has 1 aliphatic carbocycles. The summed E-state index contributed by atoms with van der Waals surface area (Å²) in [4.78, 5) is 11.2. The summed E-state index contributed by atoms with van der Waals surface area (Å²) in [5.74, 6) is 0.104. The summed E-state index contributed by atoms with van der Waals surface area (Å²) in [5, 5.41) is 8.69. The zero-order valence-corrected chi connectivity index (χ0v) is 12.5. The first-order valence-electron chi connectivity index (χ1n) is 6.07. The number of carboxylic acid groups (broad SMARTS) is 1. The van der Waals surface area contributed by atoms with Gasteiger partial charge >= 0.3 is 5.97 Å². The van der Waals surface area contributed by atoms with Crippen LogP contribution in [0.25, 0.3) is 0 Å². The first-order valence-corrected chi connectivity index (χ1v) is 8.33. The van der Waals surface area contributed by atoms with Gasteiger partial charge < -0.3 is 5.11 Å². The summed E-state index contributed by atoms with van der Waals surface area (Å²) in [6.45, 7) is 2.65. The standard InChI is InChI=1S/C12H17NO4S2/c1-8-5-9(8)7-13(2)19(16,17)12-4-3-10(18-12)6-11(14)15/h3-4,8-9H,5-7H2,1-2H3,(H,14,15). The van der Waals surface area contributed by atoms with Crippen molar-refractivity contribution in [1.82, 2.24) is 4.31 Å². The van der Waals surface area contributed by atoms with Crippen molar-refractivity contribution in [2.24, 2.45) is 11.8 Å². The Morgan fingerprint density at radius 3 is 2.68 bits per heavy atom. The molecule has 1 heterocycles. The summed E-state index contributed by atoms with van der Waals surface area (Å²) in [5.41, 5.74) is 0. The minimum Gasteiger partial charge on any atom is -0.481 e. The van der Waals surface area contributed by atoms with Crippen molar-refractivity contribution in [1.29, 1.82) is 0 Å². The molecule has 0 saturated heterocycles.